The number of hydrogen-bond donors (Lipinski definition) is 1. The zero-order valence-corrected chi connectivity index (χ0v) is 8.21. The monoisotopic (exact) mass is 216 g/mol. The van der Waals surface area contributed by atoms with Crippen molar-refractivity contribution in [3.05, 3.63) is 47.6 Å². The lowest BCUT2D eigenvalue weighted by atomic mass is 10.1. The summed E-state index contributed by atoms with van der Waals surface area (Å²) in [5.41, 5.74) is 1.03. The molecule has 80 valence electrons. The van der Waals surface area contributed by atoms with Gasteiger partial charge in [0, 0.05) is 6.08 Å². The molecule has 0 amide bonds. The highest BCUT2D eigenvalue weighted by Gasteiger charge is 2.20. The first kappa shape index (κ1) is 10.2. The summed E-state index contributed by atoms with van der Waals surface area (Å²) in [6.45, 7) is 0. The van der Waals surface area contributed by atoms with E-state index in [9.17, 15) is 9.59 Å². The maximum absolute atomic E-state index is 11.1. The first-order valence-corrected chi connectivity index (χ1v) is 4.60. The fourth-order valence-electron chi connectivity index (χ4n) is 1.25. The van der Waals surface area contributed by atoms with Crippen molar-refractivity contribution in [3.8, 4) is 5.75 Å². The van der Waals surface area contributed by atoms with E-state index in [4.69, 9.17) is 5.11 Å². The molecule has 1 aliphatic rings. The zero-order chi connectivity index (χ0) is 11.5. The normalized spacial score (nSPS) is 15.4. The lowest BCUT2D eigenvalue weighted by molar-refractivity contribution is -0.150. The van der Waals surface area contributed by atoms with Gasteiger partial charge in [0.15, 0.2) is 0 Å². The van der Waals surface area contributed by atoms with Gasteiger partial charge in [0.2, 0.25) is 0 Å². The molecule has 0 radical (unpaired) electrons. The standard InChI is InChI=1S/C12H8O4/c13-10-5-2-8(3-6-10)1-4-9-7-11(14)16-12(9)15/h1-7,13H. The summed E-state index contributed by atoms with van der Waals surface area (Å²) in [6.07, 6.45) is 4.30. The quantitative estimate of drug-likeness (QED) is 0.599. The van der Waals surface area contributed by atoms with Crippen LogP contribution in [0.4, 0.5) is 0 Å². The Morgan fingerprint density at radius 1 is 1.06 bits per heavy atom. The average molecular weight is 216 g/mol. The third kappa shape index (κ3) is 2.17. The van der Waals surface area contributed by atoms with Crippen LogP contribution in [0, 0.1) is 0 Å². The molecule has 4 nitrogen and oxygen atoms in total. The Morgan fingerprint density at radius 3 is 2.31 bits per heavy atom. The van der Waals surface area contributed by atoms with Gasteiger partial charge < -0.3 is 9.84 Å². The van der Waals surface area contributed by atoms with Gasteiger partial charge in [0.25, 0.3) is 0 Å². The van der Waals surface area contributed by atoms with E-state index in [0.717, 1.165) is 11.6 Å². The Balaban J connectivity index is 2.16. The van der Waals surface area contributed by atoms with Crippen LogP contribution < -0.4 is 0 Å². The molecule has 4 heteroatoms. The highest BCUT2D eigenvalue weighted by molar-refractivity contribution is 6.10. The average Bonchev–Trinajstić information content (AvgIpc) is 2.57. The second kappa shape index (κ2) is 4.02. The van der Waals surface area contributed by atoms with Crippen molar-refractivity contribution in [3.63, 3.8) is 0 Å². The summed E-state index contributed by atoms with van der Waals surface area (Å²) in [4.78, 5) is 21.8. The number of rotatable bonds is 2. The maximum Gasteiger partial charge on any atom is 0.346 e. The van der Waals surface area contributed by atoms with E-state index in [2.05, 4.69) is 4.74 Å². The SMILES string of the molecule is O=C1C=C(C=Cc2ccc(O)cc2)C(=O)O1. The summed E-state index contributed by atoms with van der Waals surface area (Å²) >= 11 is 0. The molecule has 1 aromatic rings. The second-order valence-corrected chi connectivity index (χ2v) is 3.23. The molecular weight excluding hydrogens is 208 g/mol. The Morgan fingerprint density at radius 2 is 1.75 bits per heavy atom. The van der Waals surface area contributed by atoms with Crippen molar-refractivity contribution >= 4 is 18.0 Å². The van der Waals surface area contributed by atoms with Gasteiger partial charge >= 0.3 is 11.9 Å². The molecule has 0 unspecified atom stereocenters. The fourth-order valence-corrected chi connectivity index (χ4v) is 1.25. The molecule has 1 N–H and O–H groups in total. The Bertz CT molecular complexity index is 494. The Labute approximate surface area is 91.5 Å². The maximum atomic E-state index is 11.1. The van der Waals surface area contributed by atoms with E-state index in [1.807, 2.05) is 0 Å². The number of ether oxygens (including phenoxy) is 1. The van der Waals surface area contributed by atoms with Gasteiger partial charge in [-0.3, -0.25) is 0 Å². The molecule has 0 fully saturated rings. The van der Waals surface area contributed by atoms with Crippen molar-refractivity contribution in [1.29, 1.82) is 0 Å². The molecular formula is C12H8O4. The summed E-state index contributed by atoms with van der Waals surface area (Å²) in [6, 6.07) is 6.45. The molecule has 0 bridgehead atoms. The van der Waals surface area contributed by atoms with Gasteiger partial charge in [0.1, 0.15) is 5.75 Å². The van der Waals surface area contributed by atoms with E-state index < -0.39 is 11.9 Å². The highest BCUT2D eigenvalue weighted by atomic mass is 16.6. The largest absolute Gasteiger partial charge is 0.508 e. The van der Waals surface area contributed by atoms with Crippen molar-refractivity contribution in [2.24, 2.45) is 0 Å². The predicted molar refractivity (Wildman–Crippen MR) is 56.3 cm³/mol. The Kier molecular flexibility index (Phi) is 2.55. The van der Waals surface area contributed by atoms with Crippen molar-refractivity contribution < 1.29 is 19.4 Å². The van der Waals surface area contributed by atoms with Crippen LogP contribution in [-0.4, -0.2) is 17.0 Å². The van der Waals surface area contributed by atoms with Gasteiger partial charge in [-0.2, -0.15) is 0 Å². The van der Waals surface area contributed by atoms with Gasteiger partial charge in [0.05, 0.1) is 5.57 Å². The molecule has 0 atom stereocenters. The smallest absolute Gasteiger partial charge is 0.346 e. The summed E-state index contributed by atoms with van der Waals surface area (Å²) in [5, 5.41) is 9.06. The van der Waals surface area contributed by atoms with Gasteiger partial charge in [-0.25, -0.2) is 9.59 Å². The van der Waals surface area contributed by atoms with E-state index in [1.165, 1.54) is 18.2 Å². The molecule has 2 rings (SSSR count). The minimum Gasteiger partial charge on any atom is -0.508 e. The van der Waals surface area contributed by atoms with E-state index in [-0.39, 0.29) is 11.3 Å². The summed E-state index contributed by atoms with van der Waals surface area (Å²) in [7, 11) is 0. The van der Waals surface area contributed by atoms with E-state index >= 15 is 0 Å². The fraction of sp³-hybridized carbons (Fsp3) is 0. The van der Waals surface area contributed by atoms with Gasteiger partial charge in [-0.15, -0.1) is 0 Å². The number of phenols is 1. The third-order valence-electron chi connectivity index (χ3n) is 2.05. The lowest BCUT2D eigenvalue weighted by Gasteiger charge is -1.93. The molecule has 0 saturated heterocycles. The molecule has 1 aliphatic heterocycles. The van der Waals surface area contributed by atoms with E-state index in [1.54, 1.807) is 18.2 Å². The summed E-state index contributed by atoms with van der Waals surface area (Å²) < 4.78 is 4.32. The van der Waals surface area contributed by atoms with E-state index in [0.29, 0.717) is 0 Å². The number of esters is 2. The van der Waals surface area contributed by atoms with Crippen LogP contribution in [0.5, 0.6) is 5.75 Å². The van der Waals surface area contributed by atoms with Crippen molar-refractivity contribution in [2.75, 3.05) is 0 Å². The predicted octanol–water partition coefficient (Wildman–Crippen LogP) is 1.42. The highest BCUT2D eigenvalue weighted by Crippen LogP contribution is 2.14. The second-order valence-electron chi connectivity index (χ2n) is 3.23. The zero-order valence-electron chi connectivity index (χ0n) is 8.21. The van der Waals surface area contributed by atoms with Crippen LogP contribution in [0.15, 0.2) is 42.0 Å². The molecule has 0 spiro atoms. The minimum atomic E-state index is -0.643. The molecule has 1 aromatic carbocycles. The van der Waals surface area contributed by atoms with Crippen LogP contribution in [0.25, 0.3) is 6.08 Å². The number of cyclic esters (lactones) is 2. The number of carbonyl (C=O) groups is 2. The van der Waals surface area contributed by atoms with Crippen molar-refractivity contribution in [2.45, 2.75) is 0 Å². The summed E-state index contributed by atoms with van der Waals surface area (Å²) in [5.74, 6) is -1.11. The molecule has 0 aromatic heterocycles. The number of hydrogen-bond acceptors (Lipinski definition) is 4. The number of benzene rings is 1. The molecule has 1 heterocycles. The third-order valence-corrected chi connectivity index (χ3v) is 2.05. The topological polar surface area (TPSA) is 63.6 Å². The number of carbonyl (C=O) groups excluding carboxylic acids is 2. The first-order valence-electron chi connectivity index (χ1n) is 4.60. The minimum absolute atomic E-state index is 0.173. The van der Waals surface area contributed by atoms with Crippen LogP contribution >= 0.6 is 0 Å². The van der Waals surface area contributed by atoms with Gasteiger partial charge in [-0.1, -0.05) is 18.2 Å². The van der Waals surface area contributed by atoms with Gasteiger partial charge in [-0.05, 0) is 23.8 Å². The Hall–Kier alpha value is -2.36. The van der Waals surface area contributed by atoms with Crippen LogP contribution in [0.2, 0.25) is 0 Å². The number of aromatic hydroxyl groups is 1. The lowest BCUT2D eigenvalue weighted by Crippen LogP contribution is -2.00. The first-order chi connectivity index (χ1) is 7.65. The van der Waals surface area contributed by atoms with Crippen LogP contribution in [0.3, 0.4) is 0 Å². The van der Waals surface area contributed by atoms with Crippen LogP contribution in [-0.2, 0) is 14.3 Å². The van der Waals surface area contributed by atoms with Crippen molar-refractivity contribution in [1.82, 2.24) is 0 Å². The molecule has 0 saturated carbocycles. The number of phenolic OH excluding ortho intramolecular Hbond substituents is 1. The molecule has 0 aliphatic carbocycles. The van der Waals surface area contributed by atoms with Crippen LogP contribution in [0.1, 0.15) is 5.56 Å². The molecule has 16 heavy (non-hydrogen) atoms.